The third-order valence-corrected chi connectivity index (χ3v) is 3.09. The Morgan fingerprint density at radius 1 is 1.45 bits per heavy atom. The highest BCUT2D eigenvalue weighted by Crippen LogP contribution is 2.06. The topological polar surface area (TPSA) is 79.3 Å². The Kier molecular flexibility index (Phi) is 10.0. The maximum atomic E-state index is 11.5. The van der Waals surface area contributed by atoms with Crippen LogP contribution in [0.1, 0.15) is 6.92 Å². The fraction of sp³-hybridized carbons (Fsp3) is 0.714. The summed E-state index contributed by atoms with van der Waals surface area (Å²) in [5.74, 6) is -1.74. The number of nitrogens with zero attached hydrogens (tertiary/aromatic N) is 2. The average molecular weight is 337 g/mol. The van der Waals surface area contributed by atoms with Gasteiger partial charge in [0.1, 0.15) is 6.61 Å². The second-order valence-electron chi connectivity index (χ2n) is 5.36. The highest BCUT2D eigenvalue weighted by atomic mass is 35.5. The second kappa shape index (κ2) is 10.6. The van der Waals surface area contributed by atoms with Crippen LogP contribution in [0.4, 0.5) is 0 Å². The molecule has 0 radical (unpaired) electrons. The highest BCUT2D eigenvalue weighted by molar-refractivity contribution is 5.95. The first kappa shape index (κ1) is 20.9. The lowest BCUT2D eigenvalue weighted by Gasteiger charge is -2.33. The Balaban J connectivity index is 0.00000441. The molecule has 0 bridgehead atoms. The monoisotopic (exact) mass is 336 g/mol. The number of likely N-dealkylation sites (N-methyl/N-ethyl adjacent to an activating group) is 1. The molecule has 0 saturated carbocycles. The number of carboxylic acid groups (broad SMARTS) is 1. The minimum absolute atomic E-state index is 0. The number of carbonyl (C=O) groups excluding carboxylic acids is 1. The van der Waals surface area contributed by atoms with Crippen molar-refractivity contribution in [2.75, 3.05) is 53.5 Å². The molecule has 0 aliphatic carbocycles. The Hall–Kier alpha value is -1.15. The average Bonchev–Trinajstić information content (AvgIpc) is 2.37. The SMILES string of the molecule is C/C(=C\C(=O)O)C(=O)OCCN1CCOC(CN(C)C)C1.Cl. The van der Waals surface area contributed by atoms with E-state index in [-0.39, 0.29) is 30.7 Å². The molecule has 1 atom stereocenters. The predicted molar refractivity (Wildman–Crippen MR) is 84.3 cm³/mol. The van der Waals surface area contributed by atoms with E-state index in [0.717, 1.165) is 25.7 Å². The molecule has 1 heterocycles. The lowest BCUT2D eigenvalue weighted by Crippen LogP contribution is -2.47. The van der Waals surface area contributed by atoms with Crippen LogP contribution in [-0.2, 0) is 19.1 Å². The number of rotatable bonds is 7. The first-order valence-corrected chi connectivity index (χ1v) is 6.95. The van der Waals surface area contributed by atoms with Crippen molar-refractivity contribution in [1.82, 2.24) is 9.80 Å². The molecule has 1 aliphatic heterocycles. The zero-order chi connectivity index (χ0) is 15.8. The van der Waals surface area contributed by atoms with Gasteiger partial charge in [0.15, 0.2) is 0 Å². The summed E-state index contributed by atoms with van der Waals surface area (Å²) in [5.41, 5.74) is 0.0926. The molecule has 0 aromatic heterocycles. The number of ether oxygens (including phenoxy) is 2. The minimum atomic E-state index is -1.15. The van der Waals surface area contributed by atoms with E-state index >= 15 is 0 Å². The fourth-order valence-corrected chi connectivity index (χ4v) is 2.13. The molecule has 0 aromatic rings. The third kappa shape index (κ3) is 8.33. The number of carboxylic acids is 1. The molecule has 1 N–H and O–H groups in total. The normalized spacial score (nSPS) is 19.6. The van der Waals surface area contributed by atoms with Gasteiger partial charge in [0, 0.05) is 37.8 Å². The quantitative estimate of drug-likeness (QED) is 0.527. The van der Waals surface area contributed by atoms with Crippen molar-refractivity contribution in [3.63, 3.8) is 0 Å². The maximum absolute atomic E-state index is 11.5. The van der Waals surface area contributed by atoms with Crippen LogP contribution < -0.4 is 0 Å². The van der Waals surface area contributed by atoms with Crippen LogP contribution in [0.3, 0.4) is 0 Å². The van der Waals surface area contributed by atoms with E-state index in [1.165, 1.54) is 6.92 Å². The lowest BCUT2D eigenvalue weighted by molar-refractivity contribution is -0.140. The van der Waals surface area contributed by atoms with Crippen LogP contribution in [0, 0.1) is 0 Å². The lowest BCUT2D eigenvalue weighted by atomic mass is 10.2. The van der Waals surface area contributed by atoms with Crippen molar-refractivity contribution in [2.24, 2.45) is 0 Å². The number of hydrogen-bond acceptors (Lipinski definition) is 6. The molecule has 1 aliphatic rings. The van der Waals surface area contributed by atoms with E-state index in [0.29, 0.717) is 13.2 Å². The Bertz CT molecular complexity index is 401. The van der Waals surface area contributed by atoms with Crippen LogP contribution in [0.25, 0.3) is 0 Å². The smallest absolute Gasteiger partial charge is 0.334 e. The molecule has 0 spiro atoms. The fourth-order valence-electron chi connectivity index (χ4n) is 2.13. The van der Waals surface area contributed by atoms with Gasteiger partial charge < -0.3 is 19.5 Å². The number of carbonyl (C=O) groups is 2. The largest absolute Gasteiger partial charge is 0.478 e. The van der Waals surface area contributed by atoms with Crippen molar-refractivity contribution in [3.05, 3.63) is 11.6 Å². The van der Waals surface area contributed by atoms with Gasteiger partial charge in [0.25, 0.3) is 0 Å². The van der Waals surface area contributed by atoms with Crippen LogP contribution in [-0.4, -0.2) is 86.4 Å². The maximum Gasteiger partial charge on any atom is 0.334 e. The van der Waals surface area contributed by atoms with Gasteiger partial charge >= 0.3 is 11.9 Å². The van der Waals surface area contributed by atoms with E-state index in [1.807, 2.05) is 14.1 Å². The van der Waals surface area contributed by atoms with Crippen molar-refractivity contribution in [1.29, 1.82) is 0 Å². The molecule has 1 fully saturated rings. The third-order valence-electron chi connectivity index (χ3n) is 3.09. The van der Waals surface area contributed by atoms with Gasteiger partial charge in [0.2, 0.25) is 0 Å². The number of halogens is 1. The summed E-state index contributed by atoms with van der Waals surface area (Å²) < 4.78 is 10.7. The first-order chi connectivity index (χ1) is 9.88. The standard InChI is InChI=1S/C14H24N2O5.ClH/c1-11(8-13(17)18)14(19)21-7-5-16-4-6-20-12(10-16)9-15(2)3;/h8,12H,4-7,9-10H2,1-3H3,(H,17,18);1H/b11-8+;. The van der Waals surface area contributed by atoms with Crippen LogP contribution in [0.2, 0.25) is 0 Å². The predicted octanol–water partition coefficient (Wildman–Crippen LogP) is 0.245. The number of hydrogen-bond donors (Lipinski definition) is 1. The molecule has 8 heteroatoms. The van der Waals surface area contributed by atoms with Crippen molar-refractivity contribution >= 4 is 24.3 Å². The zero-order valence-electron chi connectivity index (χ0n) is 13.3. The van der Waals surface area contributed by atoms with Gasteiger partial charge in [-0.3, -0.25) is 4.90 Å². The van der Waals surface area contributed by atoms with Crippen LogP contribution in [0.15, 0.2) is 11.6 Å². The summed E-state index contributed by atoms with van der Waals surface area (Å²) in [5, 5.41) is 8.55. The van der Waals surface area contributed by atoms with E-state index in [9.17, 15) is 9.59 Å². The zero-order valence-corrected chi connectivity index (χ0v) is 14.1. The number of morpholine rings is 1. The van der Waals surface area contributed by atoms with Crippen LogP contribution in [0.5, 0.6) is 0 Å². The van der Waals surface area contributed by atoms with Gasteiger partial charge in [-0.15, -0.1) is 12.4 Å². The summed E-state index contributed by atoms with van der Waals surface area (Å²) in [4.78, 5) is 26.2. The van der Waals surface area contributed by atoms with E-state index < -0.39 is 11.9 Å². The van der Waals surface area contributed by atoms with Gasteiger partial charge in [-0.1, -0.05) is 0 Å². The molecule has 128 valence electrons. The highest BCUT2D eigenvalue weighted by Gasteiger charge is 2.21. The van der Waals surface area contributed by atoms with Gasteiger partial charge in [-0.25, -0.2) is 9.59 Å². The molecule has 7 nitrogen and oxygen atoms in total. The minimum Gasteiger partial charge on any atom is -0.478 e. The van der Waals surface area contributed by atoms with Gasteiger partial charge in [0.05, 0.1) is 12.7 Å². The molecule has 1 saturated heterocycles. The van der Waals surface area contributed by atoms with Crippen molar-refractivity contribution in [2.45, 2.75) is 13.0 Å². The molecule has 0 amide bonds. The molecule has 22 heavy (non-hydrogen) atoms. The van der Waals surface area contributed by atoms with E-state index in [4.69, 9.17) is 14.6 Å². The first-order valence-electron chi connectivity index (χ1n) is 6.95. The molecular formula is C14H25ClN2O5. The molecular weight excluding hydrogens is 312 g/mol. The number of esters is 1. The van der Waals surface area contributed by atoms with Crippen molar-refractivity contribution < 1.29 is 24.2 Å². The summed E-state index contributed by atoms with van der Waals surface area (Å²) in [7, 11) is 4.00. The molecule has 1 unspecified atom stereocenters. The Morgan fingerprint density at radius 3 is 2.73 bits per heavy atom. The summed E-state index contributed by atoms with van der Waals surface area (Å²) in [6, 6.07) is 0. The summed E-state index contributed by atoms with van der Waals surface area (Å²) in [6.45, 7) is 5.45. The van der Waals surface area contributed by atoms with E-state index in [2.05, 4.69) is 9.80 Å². The number of aliphatic carboxylic acids is 1. The van der Waals surface area contributed by atoms with Crippen molar-refractivity contribution in [3.8, 4) is 0 Å². The van der Waals surface area contributed by atoms with Gasteiger partial charge in [-0.05, 0) is 21.0 Å². The van der Waals surface area contributed by atoms with E-state index in [1.54, 1.807) is 0 Å². The Morgan fingerprint density at radius 2 is 2.14 bits per heavy atom. The Labute approximate surface area is 137 Å². The molecule has 0 aromatic carbocycles. The molecule has 1 rings (SSSR count). The second-order valence-corrected chi connectivity index (χ2v) is 5.36. The summed E-state index contributed by atoms with van der Waals surface area (Å²) in [6.07, 6.45) is 1.02. The van der Waals surface area contributed by atoms with Gasteiger partial charge in [-0.2, -0.15) is 0 Å². The summed E-state index contributed by atoms with van der Waals surface area (Å²) >= 11 is 0. The van der Waals surface area contributed by atoms with Crippen LogP contribution >= 0.6 is 12.4 Å².